The van der Waals surface area contributed by atoms with Crippen molar-refractivity contribution in [3.8, 4) is 0 Å². The Hall–Kier alpha value is -2.90. The first kappa shape index (κ1) is 18.9. The third-order valence-corrected chi connectivity index (χ3v) is 4.50. The van der Waals surface area contributed by atoms with E-state index in [1.165, 1.54) is 36.4 Å². The van der Waals surface area contributed by atoms with Crippen LogP contribution in [0, 0.1) is 0 Å². The smallest absolute Gasteiger partial charge is 0.305 e. The molecule has 2 aromatic rings. The predicted molar refractivity (Wildman–Crippen MR) is 98.5 cm³/mol. The van der Waals surface area contributed by atoms with E-state index in [9.17, 15) is 19.2 Å². The summed E-state index contributed by atoms with van der Waals surface area (Å²) in [5.74, 6) is -2.78. The van der Waals surface area contributed by atoms with Crippen molar-refractivity contribution in [2.75, 3.05) is 11.9 Å². The van der Waals surface area contributed by atoms with E-state index in [-0.39, 0.29) is 34.7 Å². The molecule has 1 aliphatic heterocycles. The molecule has 0 aromatic heterocycles. The first-order valence-corrected chi connectivity index (χ1v) is 8.52. The molecule has 0 radical (unpaired) electrons. The van der Waals surface area contributed by atoms with Gasteiger partial charge >= 0.3 is 5.97 Å². The Labute approximate surface area is 163 Å². The van der Waals surface area contributed by atoms with Crippen molar-refractivity contribution in [2.45, 2.75) is 6.42 Å². The maximum Gasteiger partial charge on any atom is 0.305 e. The second kappa shape index (κ2) is 7.38. The molecule has 2 aromatic carbocycles. The maximum absolute atomic E-state index is 12.4. The summed E-state index contributed by atoms with van der Waals surface area (Å²) in [7, 11) is 0. The Morgan fingerprint density at radius 3 is 2.37 bits per heavy atom. The molecular weight excluding hydrogens is 395 g/mol. The van der Waals surface area contributed by atoms with Gasteiger partial charge in [-0.05, 0) is 36.4 Å². The fraction of sp³-hybridized carbons (Fsp3) is 0.111. The van der Waals surface area contributed by atoms with Gasteiger partial charge in [-0.3, -0.25) is 24.1 Å². The zero-order chi connectivity index (χ0) is 19.7. The minimum absolute atomic E-state index is 0.102. The van der Waals surface area contributed by atoms with Crippen LogP contribution in [0.2, 0.25) is 10.0 Å². The molecule has 3 rings (SSSR count). The zero-order valence-corrected chi connectivity index (χ0v) is 15.2. The van der Waals surface area contributed by atoms with Gasteiger partial charge in [0, 0.05) is 17.3 Å². The van der Waals surface area contributed by atoms with E-state index >= 15 is 0 Å². The van der Waals surface area contributed by atoms with Gasteiger partial charge in [0.25, 0.3) is 17.7 Å². The highest BCUT2D eigenvalue weighted by Crippen LogP contribution is 2.27. The van der Waals surface area contributed by atoms with Crippen molar-refractivity contribution >= 4 is 52.6 Å². The Balaban J connectivity index is 1.81. The Kier molecular flexibility index (Phi) is 5.16. The van der Waals surface area contributed by atoms with Crippen molar-refractivity contribution in [3.63, 3.8) is 0 Å². The molecule has 0 spiro atoms. The molecule has 0 saturated carbocycles. The number of carboxylic acids is 1. The number of amides is 3. The Morgan fingerprint density at radius 2 is 1.70 bits per heavy atom. The maximum atomic E-state index is 12.4. The largest absolute Gasteiger partial charge is 0.481 e. The molecular formula is C18H12Cl2N2O5. The van der Waals surface area contributed by atoms with Crippen LogP contribution in [-0.2, 0) is 4.79 Å². The lowest BCUT2D eigenvalue weighted by molar-refractivity contribution is -0.137. The minimum atomic E-state index is -1.11. The molecule has 9 heteroatoms. The molecule has 0 saturated heterocycles. The third-order valence-electron chi connectivity index (χ3n) is 3.95. The highest BCUT2D eigenvalue weighted by atomic mass is 35.5. The molecule has 0 bridgehead atoms. The summed E-state index contributed by atoms with van der Waals surface area (Å²) >= 11 is 11.8. The number of anilines is 1. The van der Waals surface area contributed by atoms with Crippen LogP contribution < -0.4 is 5.32 Å². The van der Waals surface area contributed by atoms with Crippen molar-refractivity contribution in [3.05, 3.63) is 63.1 Å². The number of hydrogen-bond acceptors (Lipinski definition) is 4. The average Bonchev–Trinajstić information content (AvgIpc) is 2.83. The van der Waals surface area contributed by atoms with Crippen LogP contribution in [-0.4, -0.2) is 40.2 Å². The molecule has 3 amide bonds. The Bertz CT molecular complexity index is 990. The van der Waals surface area contributed by atoms with Gasteiger partial charge in [0.05, 0.1) is 28.1 Å². The van der Waals surface area contributed by atoms with Gasteiger partial charge < -0.3 is 10.4 Å². The number of nitrogens with one attached hydrogen (secondary N) is 1. The fourth-order valence-electron chi connectivity index (χ4n) is 2.65. The van der Waals surface area contributed by atoms with Crippen LogP contribution in [0.25, 0.3) is 0 Å². The molecule has 0 atom stereocenters. The number of carbonyl (C=O) groups is 4. The standard InChI is InChI=1S/C18H12Cl2N2O5/c19-9-1-3-12(14(20)7-9)16(25)21-10-2-4-11-13(8-10)18(27)22(17(11)26)6-5-15(23)24/h1-4,7-8H,5-6H2,(H,21,25)(H,23,24). The summed E-state index contributed by atoms with van der Waals surface area (Å²) in [5, 5.41) is 11.9. The number of benzene rings is 2. The Morgan fingerprint density at radius 1 is 1.00 bits per heavy atom. The lowest BCUT2D eigenvalue weighted by atomic mass is 10.1. The molecule has 138 valence electrons. The molecule has 7 nitrogen and oxygen atoms in total. The van der Waals surface area contributed by atoms with E-state index in [1.807, 2.05) is 0 Å². The van der Waals surface area contributed by atoms with E-state index in [2.05, 4.69) is 5.32 Å². The van der Waals surface area contributed by atoms with E-state index in [4.69, 9.17) is 28.3 Å². The number of hydrogen-bond donors (Lipinski definition) is 2. The number of fused-ring (bicyclic) bond motifs is 1. The summed E-state index contributed by atoms with van der Waals surface area (Å²) in [4.78, 5) is 48.6. The molecule has 0 aliphatic carbocycles. The number of carboxylic acid groups (broad SMARTS) is 1. The first-order valence-electron chi connectivity index (χ1n) is 7.76. The summed E-state index contributed by atoms with van der Waals surface area (Å²) in [6.07, 6.45) is -0.343. The van der Waals surface area contributed by atoms with Gasteiger partial charge in [-0.25, -0.2) is 0 Å². The van der Waals surface area contributed by atoms with Gasteiger partial charge in [-0.1, -0.05) is 23.2 Å². The van der Waals surface area contributed by atoms with Crippen LogP contribution in [0.15, 0.2) is 36.4 Å². The van der Waals surface area contributed by atoms with Crippen LogP contribution in [0.1, 0.15) is 37.5 Å². The van der Waals surface area contributed by atoms with E-state index in [1.54, 1.807) is 0 Å². The van der Waals surface area contributed by atoms with Gasteiger partial charge in [-0.2, -0.15) is 0 Å². The summed E-state index contributed by atoms with van der Waals surface area (Å²) in [6.45, 7) is -0.218. The third kappa shape index (κ3) is 3.79. The van der Waals surface area contributed by atoms with Gasteiger partial charge in [0.1, 0.15) is 0 Å². The molecule has 27 heavy (non-hydrogen) atoms. The quantitative estimate of drug-likeness (QED) is 0.741. The van der Waals surface area contributed by atoms with Crippen LogP contribution >= 0.6 is 23.2 Å². The van der Waals surface area contributed by atoms with Gasteiger partial charge in [-0.15, -0.1) is 0 Å². The molecule has 2 N–H and O–H groups in total. The number of rotatable bonds is 5. The number of aliphatic carboxylic acids is 1. The molecule has 1 aliphatic rings. The minimum Gasteiger partial charge on any atom is -0.481 e. The molecule has 0 unspecified atom stereocenters. The lowest BCUT2D eigenvalue weighted by Crippen LogP contribution is -2.31. The lowest BCUT2D eigenvalue weighted by Gasteiger charge is -2.11. The zero-order valence-electron chi connectivity index (χ0n) is 13.7. The summed E-state index contributed by atoms with van der Waals surface area (Å²) in [5.41, 5.74) is 0.761. The average molecular weight is 407 g/mol. The topological polar surface area (TPSA) is 104 Å². The highest BCUT2D eigenvalue weighted by molar-refractivity contribution is 6.37. The van der Waals surface area contributed by atoms with Crippen molar-refractivity contribution in [1.29, 1.82) is 0 Å². The second-order valence-corrected chi connectivity index (χ2v) is 6.59. The van der Waals surface area contributed by atoms with Crippen molar-refractivity contribution in [2.24, 2.45) is 0 Å². The van der Waals surface area contributed by atoms with E-state index in [0.29, 0.717) is 10.7 Å². The van der Waals surface area contributed by atoms with Crippen LogP contribution in [0.5, 0.6) is 0 Å². The van der Waals surface area contributed by atoms with Crippen molar-refractivity contribution in [1.82, 2.24) is 4.90 Å². The van der Waals surface area contributed by atoms with Crippen molar-refractivity contribution < 1.29 is 24.3 Å². The number of carbonyl (C=O) groups excluding carboxylic acids is 3. The molecule has 0 fully saturated rings. The predicted octanol–water partition coefficient (Wildman–Crippen LogP) is 3.32. The number of halogens is 2. The first-order chi connectivity index (χ1) is 12.8. The number of imide groups is 1. The van der Waals surface area contributed by atoms with Gasteiger partial charge in [0.15, 0.2) is 0 Å². The monoisotopic (exact) mass is 406 g/mol. The van der Waals surface area contributed by atoms with E-state index < -0.39 is 23.7 Å². The van der Waals surface area contributed by atoms with Gasteiger partial charge in [0.2, 0.25) is 0 Å². The second-order valence-electron chi connectivity index (χ2n) is 5.74. The normalized spacial score (nSPS) is 12.9. The number of nitrogens with zero attached hydrogens (tertiary/aromatic N) is 1. The van der Waals surface area contributed by atoms with Crippen LogP contribution in [0.3, 0.4) is 0 Å². The fourth-order valence-corrected chi connectivity index (χ4v) is 3.15. The highest BCUT2D eigenvalue weighted by Gasteiger charge is 2.35. The van der Waals surface area contributed by atoms with E-state index in [0.717, 1.165) is 4.90 Å². The summed E-state index contributed by atoms with van der Waals surface area (Å²) < 4.78 is 0. The van der Waals surface area contributed by atoms with Crippen LogP contribution in [0.4, 0.5) is 5.69 Å². The molecule has 1 heterocycles. The summed E-state index contributed by atoms with van der Waals surface area (Å²) in [6, 6.07) is 8.69. The SMILES string of the molecule is O=C(O)CCN1C(=O)c2ccc(NC(=O)c3ccc(Cl)cc3Cl)cc2C1=O.